The molecule has 2 aromatic carbocycles. The number of carboxylic acid groups (broad SMARTS) is 2. The lowest BCUT2D eigenvalue weighted by Gasteiger charge is -2.14. The number of fused-ring (bicyclic) bond motifs is 1. The van der Waals surface area contributed by atoms with E-state index in [0.29, 0.717) is 18.1 Å². The van der Waals surface area contributed by atoms with Gasteiger partial charge in [0.15, 0.2) is 0 Å². The Labute approximate surface area is 171 Å². The summed E-state index contributed by atoms with van der Waals surface area (Å²) in [5.74, 6) is -2.53. The van der Waals surface area contributed by atoms with Crippen molar-refractivity contribution in [1.29, 1.82) is 0 Å². The molecule has 3 N–H and O–H groups in total. The molecule has 2 unspecified atom stereocenters. The Kier molecular flexibility index (Phi) is 8.87. The third-order valence-corrected chi connectivity index (χ3v) is 7.28. The van der Waals surface area contributed by atoms with E-state index in [-0.39, 0.29) is 19.0 Å². The molecule has 0 bridgehead atoms. The number of unbranched alkanes of at least 4 members (excludes halogenated alkanes) is 4. The second-order valence-electron chi connectivity index (χ2n) is 7.45. The number of benzene rings is 2. The summed E-state index contributed by atoms with van der Waals surface area (Å²) in [5.41, 5.74) is 0. The van der Waals surface area contributed by atoms with Crippen LogP contribution in [0.5, 0.6) is 0 Å². The van der Waals surface area contributed by atoms with E-state index in [2.05, 4.69) is 0 Å². The van der Waals surface area contributed by atoms with Gasteiger partial charge in [-0.05, 0) is 36.1 Å². The van der Waals surface area contributed by atoms with Crippen LogP contribution in [-0.2, 0) is 14.2 Å². The van der Waals surface area contributed by atoms with E-state index in [1.165, 1.54) is 0 Å². The first-order valence-corrected chi connectivity index (χ1v) is 11.9. The van der Waals surface area contributed by atoms with Crippen LogP contribution < -0.4 is 5.30 Å². The predicted molar refractivity (Wildman–Crippen MR) is 114 cm³/mol. The van der Waals surface area contributed by atoms with Gasteiger partial charge in [0.25, 0.3) is 0 Å². The molecular weight excluding hydrogens is 391 g/mol. The molecular formula is C22H29O6P. The van der Waals surface area contributed by atoms with Crippen LogP contribution in [-0.4, -0.2) is 33.2 Å². The van der Waals surface area contributed by atoms with Gasteiger partial charge < -0.3 is 15.1 Å². The van der Waals surface area contributed by atoms with Crippen molar-refractivity contribution >= 4 is 35.4 Å². The molecule has 0 heterocycles. The highest BCUT2D eigenvalue weighted by Gasteiger charge is 2.23. The summed E-state index contributed by atoms with van der Waals surface area (Å²) in [6.07, 6.45) is 4.59. The fourth-order valence-corrected chi connectivity index (χ4v) is 5.36. The normalized spacial score (nSPS) is 14.4. The molecule has 2 aromatic rings. The van der Waals surface area contributed by atoms with Crippen LogP contribution in [0.15, 0.2) is 42.5 Å². The zero-order valence-corrected chi connectivity index (χ0v) is 17.4. The SMILES string of the molecule is O=C(O)CCC(CCCCCCCP(=O)(O)c1cccc2ccccc12)C(=O)O. The van der Waals surface area contributed by atoms with Gasteiger partial charge >= 0.3 is 11.9 Å². The summed E-state index contributed by atoms with van der Waals surface area (Å²) >= 11 is 0. The monoisotopic (exact) mass is 420 g/mol. The van der Waals surface area contributed by atoms with E-state index < -0.39 is 25.2 Å². The Morgan fingerprint density at radius 3 is 2.24 bits per heavy atom. The Morgan fingerprint density at radius 1 is 0.862 bits per heavy atom. The molecule has 6 nitrogen and oxygen atoms in total. The van der Waals surface area contributed by atoms with Crippen molar-refractivity contribution in [1.82, 2.24) is 0 Å². The lowest BCUT2D eigenvalue weighted by atomic mass is 9.96. The zero-order chi connectivity index (χ0) is 21.3. The van der Waals surface area contributed by atoms with Crippen LogP contribution in [0, 0.1) is 5.92 Å². The molecule has 2 rings (SSSR count). The molecule has 0 fully saturated rings. The summed E-state index contributed by atoms with van der Waals surface area (Å²) in [6, 6.07) is 13.0. The smallest absolute Gasteiger partial charge is 0.306 e. The van der Waals surface area contributed by atoms with Gasteiger partial charge in [-0.1, -0.05) is 62.1 Å². The van der Waals surface area contributed by atoms with Gasteiger partial charge in [0.2, 0.25) is 7.37 Å². The maximum atomic E-state index is 12.9. The first kappa shape index (κ1) is 23.1. The van der Waals surface area contributed by atoms with Crippen molar-refractivity contribution < 1.29 is 29.3 Å². The van der Waals surface area contributed by atoms with Crippen molar-refractivity contribution in [3.8, 4) is 0 Å². The van der Waals surface area contributed by atoms with Crippen molar-refractivity contribution in [2.75, 3.05) is 6.16 Å². The molecule has 0 spiro atoms. The average Bonchev–Trinajstić information content (AvgIpc) is 2.68. The van der Waals surface area contributed by atoms with Crippen LogP contribution in [0.25, 0.3) is 10.8 Å². The summed E-state index contributed by atoms with van der Waals surface area (Å²) in [7, 11) is -3.43. The van der Waals surface area contributed by atoms with Gasteiger partial charge in [-0.15, -0.1) is 0 Å². The molecule has 0 aliphatic heterocycles. The van der Waals surface area contributed by atoms with Crippen LogP contribution in [0.4, 0.5) is 0 Å². The van der Waals surface area contributed by atoms with Gasteiger partial charge in [-0.3, -0.25) is 14.2 Å². The van der Waals surface area contributed by atoms with E-state index in [1.807, 2.05) is 36.4 Å². The van der Waals surface area contributed by atoms with Crippen molar-refractivity contribution in [2.24, 2.45) is 5.92 Å². The fraction of sp³-hybridized carbons (Fsp3) is 0.455. The topological polar surface area (TPSA) is 112 Å². The zero-order valence-electron chi connectivity index (χ0n) is 16.5. The van der Waals surface area contributed by atoms with E-state index in [1.54, 1.807) is 6.07 Å². The predicted octanol–water partition coefficient (Wildman–Crippen LogP) is 4.64. The number of aliphatic carboxylic acids is 2. The minimum atomic E-state index is -3.43. The minimum absolute atomic E-state index is 0.128. The number of hydrogen-bond acceptors (Lipinski definition) is 3. The molecule has 0 amide bonds. The van der Waals surface area contributed by atoms with Gasteiger partial charge in [0, 0.05) is 17.9 Å². The molecule has 0 saturated carbocycles. The molecule has 0 aromatic heterocycles. The fourth-order valence-electron chi connectivity index (χ4n) is 3.57. The summed E-state index contributed by atoms with van der Waals surface area (Å²) in [6.45, 7) is 0. The highest BCUT2D eigenvalue weighted by atomic mass is 31.2. The summed E-state index contributed by atoms with van der Waals surface area (Å²) in [5, 5.41) is 20.1. The van der Waals surface area contributed by atoms with Crippen molar-refractivity contribution in [3.63, 3.8) is 0 Å². The average molecular weight is 420 g/mol. The Bertz CT molecular complexity index is 873. The van der Waals surface area contributed by atoms with Crippen molar-refractivity contribution in [2.45, 2.75) is 51.4 Å². The highest BCUT2D eigenvalue weighted by Crippen LogP contribution is 2.42. The van der Waals surface area contributed by atoms with Crippen LogP contribution >= 0.6 is 7.37 Å². The lowest BCUT2D eigenvalue weighted by Crippen LogP contribution is -2.15. The second kappa shape index (κ2) is 11.1. The third-order valence-electron chi connectivity index (χ3n) is 5.21. The van der Waals surface area contributed by atoms with E-state index in [4.69, 9.17) is 10.2 Å². The second-order valence-corrected chi connectivity index (χ2v) is 9.78. The lowest BCUT2D eigenvalue weighted by molar-refractivity contribution is -0.143. The van der Waals surface area contributed by atoms with Gasteiger partial charge in [0.1, 0.15) is 0 Å². The van der Waals surface area contributed by atoms with Gasteiger partial charge in [0.05, 0.1) is 5.92 Å². The van der Waals surface area contributed by atoms with E-state index in [0.717, 1.165) is 36.5 Å². The Hall–Kier alpha value is -2.17. The molecule has 7 heteroatoms. The first-order valence-electron chi connectivity index (χ1n) is 10.1. The van der Waals surface area contributed by atoms with Crippen LogP contribution in [0.1, 0.15) is 51.4 Å². The maximum absolute atomic E-state index is 12.9. The number of carboxylic acids is 2. The molecule has 2 atom stereocenters. The molecule has 0 saturated heterocycles. The van der Waals surface area contributed by atoms with Gasteiger partial charge in [-0.2, -0.15) is 0 Å². The number of carbonyl (C=O) groups is 2. The maximum Gasteiger partial charge on any atom is 0.306 e. The number of rotatable bonds is 13. The standard InChI is InChI=1S/C22H29O6P/c23-21(24)15-14-18(22(25)26)10-4-2-1-3-7-16-29(27,28)20-13-8-11-17-9-5-6-12-19(17)20/h5-6,8-9,11-13,18H,1-4,7,10,14-16H2,(H,23,24)(H,25,26)(H,27,28). The van der Waals surface area contributed by atoms with E-state index in [9.17, 15) is 19.0 Å². The largest absolute Gasteiger partial charge is 0.481 e. The number of hydrogen-bond donors (Lipinski definition) is 3. The first-order chi connectivity index (χ1) is 13.8. The van der Waals surface area contributed by atoms with Crippen molar-refractivity contribution in [3.05, 3.63) is 42.5 Å². The van der Waals surface area contributed by atoms with E-state index >= 15 is 0 Å². The molecule has 0 aliphatic rings. The van der Waals surface area contributed by atoms with Crippen LogP contribution in [0.3, 0.4) is 0 Å². The van der Waals surface area contributed by atoms with Gasteiger partial charge in [-0.25, -0.2) is 0 Å². The Morgan fingerprint density at radius 2 is 1.52 bits per heavy atom. The third kappa shape index (κ3) is 7.30. The Balaban J connectivity index is 1.73. The summed E-state index contributed by atoms with van der Waals surface area (Å²) in [4.78, 5) is 32.3. The minimum Gasteiger partial charge on any atom is -0.481 e. The molecule has 29 heavy (non-hydrogen) atoms. The quantitative estimate of drug-likeness (QED) is 0.321. The molecule has 0 radical (unpaired) electrons. The molecule has 158 valence electrons. The van der Waals surface area contributed by atoms with Crippen LogP contribution in [0.2, 0.25) is 0 Å². The molecule has 0 aliphatic carbocycles. The summed E-state index contributed by atoms with van der Waals surface area (Å²) < 4.78 is 12.9. The highest BCUT2D eigenvalue weighted by molar-refractivity contribution is 7.66.